The van der Waals surface area contributed by atoms with E-state index >= 15 is 0 Å². The van der Waals surface area contributed by atoms with Gasteiger partial charge in [0.05, 0.1) is 53.0 Å². The van der Waals surface area contributed by atoms with Crippen molar-refractivity contribution in [2.75, 3.05) is 49.6 Å². The van der Waals surface area contributed by atoms with E-state index in [2.05, 4.69) is 79.8 Å². The molecule has 4 aliphatic rings. The van der Waals surface area contributed by atoms with Gasteiger partial charge in [0.15, 0.2) is 5.75 Å². The second-order valence-corrected chi connectivity index (χ2v) is 22.0. The number of nitrogens with zero attached hydrogens (tertiary/aromatic N) is 5. The number of ether oxygens (including phenoxy) is 3. The van der Waals surface area contributed by atoms with Crippen LogP contribution in [0.15, 0.2) is 71.9 Å². The number of amides is 1. The number of carbonyl (C=O) groups is 1. The number of nitro groups is 1. The van der Waals surface area contributed by atoms with E-state index in [9.17, 15) is 32.8 Å². The van der Waals surface area contributed by atoms with Crippen molar-refractivity contribution >= 4 is 44.2 Å². The lowest BCUT2D eigenvalue weighted by Crippen LogP contribution is -2.59. The quantitative estimate of drug-likeness (QED) is 0.0569. The van der Waals surface area contributed by atoms with Crippen molar-refractivity contribution in [1.82, 2.24) is 24.6 Å². The lowest BCUT2D eigenvalue weighted by molar-refractivity contribution is -0.384. The van der Waals surface area contributed by atoms with Crippen molar-refractivity contribution in [2.24, 2.45) is 11.3 Å². The molecule has 5 heterocycles. The summed E-state index contributed by atoms with van der Waals surface area (Å²) < 4.78 is 63.1. The van der Waals surface area contributed by atoms with Crippen molar-refractivity contribution in [1.29, 1.82) is 0 Å². The molecule has 2 saturated heterocycles. The number of hydrogen-bond donors (Lipinski definition) is 4. The normalized spacial score (nSPS) is 23.0. The molecule has 4 N–H and O–H groups in total. The highest BCUT2D eigenvalue weighted by atomic mass is 32.2. The van der Waals surface area contributed by atoms with Crippen LogP contribution >= 0.6 is 0 Å². The molecule has 0 unspecified atom stereocenters. The predicted molar refractivity (Wildman–Crippen MR) is 263 cm³/mol. The number of piperidine rings is 1. The Morgan fingerprint density at radius 1 is 1.09 bits per heavy atom. The lowest BCUT2D eigenvalue weighted by atomic mass is 9.59. The SMILES string of the molecule is CCOc1nc2[nH]cc(F)c2cc1Oc1cc(N2CCC3(CC2)CC(N2C[C@H](C)OC[C@H]2c2ccccc2C(C)C)C3)ccc1C(=O)NS(=O)(=O)c1cnc(NCC2CCC(C)(O)CC2)c([N+](=O)[O-])c1. The molecule has 0 radical (unpaired) electrons. The van der Waals surface area contributed by atoms with Crippen LogP contribution in [0.4, 0.5) is 21.6 Å². The van der Waals surface area contributed by atoms with Crippen LogP contribution in [0.2, 0.25) is 0 Å². The van der Waals surface area contributed by atoms with Crippen molar-refractivity contribution in [3.8, 4) is 17.4 Å². The third kappa shape index (κ3) is 10.3. The van der Waals surface area contributed by atoms with Gasteiger partial charge in [-0.05, 0) is 113 Å². The summed E-state index contributed by atoms with van der Waals surface area (Å²) in [5.74, 6) is -1.27. The van der Waals surface area contributed by atoms with Crippen molar-refractivity contribution < 1.29 is 41.8 Å². The Hall–Kier alpha value is -5.89. The Bertz CT molecular complexity index is 2850. The number of aromatic amines is 1. The molecule has 19 heteroatoms. The van der Waals surface area contributed by atoms with Gasteiger partial charge in [-0.3, -0.25) is 19.8 Å². The number of nitrogens with one attached hydrogen (secondary N) is 3. The van der Waals surface area contributed by atoms with E-state index < -0.39 is 42.9 Å². The van der Waals surface area contributed by atoms with Crippen LogP contribution in [0, 0.1) is 27.3 Å². The van der Waals surface area contributed by atoms with Crippen LogP contribution < -0.4 is 24.4 Å². The number of benzene rings is 2. The summed E-state index contributed by atoms with van der Waals surface area (Å²) in [6.45, 7) is 13.7. The highest BCUT2D eigenvalue weighted by Crippen LogP contribution is 2.53. The number of hydrogen-bond acceptors (Lipinski definition) is 14. The fraction of sp³-hybridized carbons (Fsp3) is 0.510. The molecule has 4 fully saturated rings. The third-order valence-electron chi connectivity index (χ3n) is 15.0. The number of H-pyrrole nitrogens is 1. The first-order valence-electron chi connectivity index (χ1n) is 24.4. The van der Waals surface area contributed by atoms with Gasteiger partial charge in [0, 0.05) is 62.3 Å². The number of morpholine rings is 1. The largest absolute Gasteiger partial charge is 0.475 e. The molecule has 9 rings (SSSR count). The second-order valence-electron chi connectivity index (χ2n) is 20.3. The van der Waals surface area contributed by atoms with Crippen molar-refractivity contribution in [2.45, 2.75) is 121 Å². The smallest absolute Gasteiger partial charge is 0.312 e. The van der Waals surface area contributed by atoms with Gasteiger partial charge in [0.2, 0.25) is 5.82 Å². The molecule has 374 valence electrons. The van der Waals surface area contributed by atoms with Crippen LogP contribution in [0.3, 0.4) is 0 Å². The maximum atomic E-state index is 14.9. The number of halogens is 1. The zero-order valence-electron chi connectivity index (χ0n) is 40.4. The van der Waals surface area contributed by atoms with Gasteiger partial charge < -0.3 is 34.5 Å². The number of sulfonamides is 1. The van der Waals surface area contributed by atoms with Crippen LogP contribution in [0.1, 0.15) is 119 Å². The summed E-state index contributed by atoms with van der Waals surface area (Å²) in [6.07, 6.45) is 8.96. The van der Waals surface area contributed by atoms with E-state index in [1.165, 1.54) is 23.3 Å². The number of carbonyl (C=O) groups excluding carboxylic acids is 1. The van der Waals surface area contributed by atoms with Gasteiger partial charge in [0.1, 0.15) is 22.1 Å². The number of pyridine rings is 2. The topological polar surface area (TPSA) is 214 Å². The third-order valence-corrected chi connectivity index (χ3v) is 16.3. The second kappa shape index (κ2) is 19.7. The van der Waals surface area contributed by atoms with Crippen molar-refractivity contribution in [3.63, 3.8) is 0 Å². The molecule has 2 saturated carbocycles. The number of aliphatic hydroxyl groups is 1. The Labute approximate surface area is 407 Å². The highest BCUT2D eigenvalue weighted by molar-refractivity contribution is 7.90. The number of anilines is 2. The Balaban J connectivity index is 0.940. The van der Waals surface area contributed by atoms with E-state index in [0.29, 0.717) is 50.8 Å². The molecule has 17 nitrogen and oxygen atoms in total. The molecule has 2 aliphatic carbocycles. The summed E-state index contributed by atoms with van der Waals surface area (Å²) in [6, 6.07) is 16.5. The number of fused-ring (bicyclic) bond motifs is 1. The summed E-state index contributed by atoms with van der Waals surface area (Å²) in [7, 11) is -4.73. The van der Waals surface area contributed by atoms with Gasteiger partial charge in [-0.1, -0.05) is 38.1 Å². The Kier molecular flexibility index (Phi) is 13.8. The lowest BCUT2D eigenvalue weighted by Gasteiger charge is -2.58. The maximum Gasteiger partial charge on any atom is 0.312 e. The minimum absolute atomic E-state index is 0.00622. The molecular weight excluding hydrogens is 920 g/mol. The van der Waals surface area contributed by atoms with E-state index in [0.717, 1.165) is 69.5 Å². The first-order chi connectivity index (χ1) is 33.4. The molecule has 3 aromatic heterocycles. The molecule has 2 aromatic carbocycles. The molecular formula is C51H63FN8O9S. The number of rotatable bonds is 15. The Morgan fingerprint density at radius 3 is 2.54 bits per heavy atom. The zero-order chi connectivity index (χ0) is 49.5. The van der Waals surface area contributed by atoms with Crippen LogP contribution in [-0.2, 0) is 14.8 Å². The van der Waals surface area contributed by atoms with Crippen LogP contribution in [-0.4, -0.2) is 101 Å². The van der Waals surface area contributed by atoms with E-state index in [4.69, 9.17) is 14.2 Å². The monoisotopic (exact) mass is 982 g/mol. The molecule has 0 bridgehead atoms. The summed E-state index contributed by atoms with van der Waals surface area (Å²) >= 11 is 0. The summed E-state index contributed by atoms with van der Waals surface area (Å²) in [4.78, 5) is 41.2. The van der Waals surface area contributed by atoms with Gasteiger partial charge in [-0.25, -0.2) is 22.5 Å². The molecule has 1 spiro atoms. The fourth-order valence-corrected chi connectivity index (χ4v) is 11.8. The first kappa shape index (κ1) is 49.1. The van der Waals surface area contributed by atoms with E-state index in [1.54, 1.807) is 26.0 Å². The van der Waals surface area contributed by atoms with Gasteiger partial charge in [-0.15, -0.1) is 0 Å². The average molecular weight is 983 g/mol. The van der Waals surface area contributed by atoms with Crippen LogP contribution in [0.5, 0.6) is 17.4 Å². The average Bonchev–Trinajstić information content (AvgIpc) is 3.68. The highest BCUT2D eigenvalue weighted by Gasteiger charge is 2.50. The van der Waals surface area contributed by atoms with Gasteiger partial charge >= 0.3 is 5.69 Å². The maximum absolute atomic E-state index is 14.9. The molecule has 1 amide bonds. The van der Waals surface area contributed by atoms with Crippen molar-refractivity contribution in [3.05, 3.63) is 99.6 Å². The fourth-order valence-electron chi connectivity index (χ4n) is 10.9. The minimum atomic E-state index is -4.73. The molecule has 2 aliphatic heterocycles. The molecule has 70 heavy (non-hydrogen) atoms. The summed E-state index contributed by atoms with van der Waals surface area (Å²) in [5, 5.41) is 25.6. The van der Waals surface area contributed by atoms with Gasteiger partial charge in [0.25, 0.3) is 21.8 Å². The number of aromatic nitrogens is 3. The first-order valence-corrected chi connectivity index (χ1v) is 25.9. The molecule has 2 atom stereocenters. The van der Waals surface area contributed by atoms with Crippen LogP contribution in [0.25, 0.3) is 11.0 Å². The van der Waals surface area contributed by atoms with E-state index in [-0.39, 0.29) is 69.9 Å². The molecule has 5 aromatic rings. The van der Waals surface area contributed by atoms with Gasteiger partial charge in [-0.2, -0.15) is 4.98 Å². The van der Waals surface area contributed by atoms with E-state index in [1.807, 2.05) is 0 Å². The minimum Gasteiger partial charge on any atom is -0.475 e. The standard InChI is InChI=1S/C51H63FN8O9S/c1-6-67-49-45(23-40-41(52)28-55-46(40)56-49)69-44-21-34(58-19-17-51(18-20-58)24-35(25-51)59-29-32(4)68-30-43(59)38-10-8-7-9-37(38)31(2)3)11-12-39(44)48(61)57-70(65,66)36-22-42(60(63)64)47(54-27-36)53-26-33-13-15-50(5,62)16-14-33/h7-12,21-23,27-28,31-33,35,43,62H,6,13-20,24-26,29-30H2,1-5H3,(H,53,54)(H,55,56)(H,57,61)/t32-,33?,43-,50?/m0/s1. The Morgan fingerprint density at radius 2 is 1.83 bits per heavy atom. The zero-order valence-corrected chi connectivity index (χ0v) is 41.2. The predicted octanol–water partition coefficient (Wildman–Crippen LogP) is 9.00. The summed E-state index contributed by atoms with van der Waals surface area (Å²) in [5.41, 5.74) is 2.33.